The summed E-state index contributed by atoms with van der Waals surface area (Å²) in [5.74, 6) is 0. The normalized spacial score (nSPS) is 11.9. The number of benzene rings is 1. The van der Waals surface area contributed by atoms with Crippen LogP contribution in [0.2, 0.25) is 0 Å². The van der Waals surface area contributed by atoms with Crippen LogP contribution < -0.4 is 4.80 Å². The molecule has 16 heavy (non-hydrogen) atoms. The number of allylic oxidation sites excluding steroid dienone is 1. The Morgan fingerprint density at radius 2 is 2.25 bits per heavy atom. The number of rotatable bonds is 4. The molecule has 0 aliphatic heterocycles. The first kappa shape index (κ1) is 10.8. The lowest BCUT2D eigenvalue weighted by molar-refractivity contribution is 0.707. The van der Waals surface area contributed by atoms with Gasteiger partial charge in [-0.2, -0.15) is 0 Å². The number of fused-ring (bicyclic) bond motifs is 1. The van der Waals surface area contributed by atoms with E-state index in [4.69, 9.17) is 0 Å². The molecular formula is C11H11N3OS. The first-order chi connectivity index (χ1) is 7.86. The molecular weight excluding hydrogens is 222 g/mol. The number of nitrogens with zero attached hydrogens (tertiary/aromatic N) is 3. The first-order valence-electron chi connectivity index (χ1n) is 4.92. The highest BCUT2D eigenvalue weighted by Gasteiger charge is 2.04. The molecule has 0 amide bonds. The van der Waals surface area contributed by atoms with Crippen LogP contribution in [0.3, 0.4) is 0 Å². The molecule has 0 radical (unpaired) electrons. The van der Waals surface area contributed by atoms with Gasteiger partial charge in [-0.1, -0.05) is 34.6 Å². The minimum Gasteiger partial charge on any atom is -0.315 e. The number of nitroso groups, excluding NO2 is 1. The van der Waals surface area contributed by atoms with E-state index in [1.807, 2.05) is 34.9 Å². The van der Waals surface area contributed by atoms with Gasteiger partial charge in [0.1, 0.15) is 0 Å². The molecule has 0 fully saturated rings. The zero-order valence-electron chi connectivity index (χ0n) is 8.67. The number of hydrogen-bond acceptors (Lipinski definition) is 3. The number of aryl methyl sites for hydroxylation is 1. The molecule has 2 aromatic rings. The fraction of sp³-hybridized carbons (Fsp3) is 0.182. The molecule has 1 heterocycles. The van der Waals surface area contributed by atoms with Crippen molar-refractivity contribution in [3.8, 4) is 0 Å². The Hall–Kier alpha value is -1.75. The molecule has 82 valence electrons. The fourth-order valence-corrected chi connectivity index (χ4v) is 2.57. The minimum absolute atomic E-state index is 0.637. The molecule has 2 rings (SSSR count). The van der Waals surface area contributed by atoms with E-state index in [0.717, 1.165) is 23.2 Å². The molecule has 0 saturated carbocycles. The third kappa shape index (κ3) is 1.94. The van der Waals surface area contributed by atoms with Crippen molar-refractivity contribution in [3.63, 3.8) is 0 Å². The highest BCUT2D eigenvalue weighted by atomic mass is 32.1. The molecule has 0 aliphatic rings. The number of hydrogen-bond donors (Lipinski definition) is 0. The molecule has 0 spiro atoms. The summed E-state index contributed by atoms with van der Waals surface area (Å²) in [7, 11) is 0. The summed E-state index contributed by atoms with van der Waals surface area (Å²) in [6.07, 6.45) is 2.68. The maximum absolute atomic E-state index is 10.2. The van der Waals surface area contributed by atoms with E-state index < -0.39 is 0 Å². The summed E-state index contributed by atoms with van der Waals surface area (Å²) >= 11 is 1.47. The average molecular weight is 233 g/mol. The van der Waals surface area contributed by atoms with Gasteiger partial charge in [0.25, 0.3) is 0 Å². The summed E-state index contributed by atoms with van der Waals surface area (Å²) in [4.78, 5) is 10.9. The fourth-order valence-electron chi connectivity index (χ4n) is 1.57. The summed E-state index contributed by atoms with van der Waals surface area (Å²) in [6, 6.07) is 7.96. The van der Waals surface area contributed by atoms with Crippen molar-refractivity contribution in [3.05, 3.63) is 46.6 Å². The van der Waals surface area contributed by atoms with Gasteiger partial charge < -0.3 is 4.57 Å². The molecule has 4 nitrogen and oxygen atoms in total. The predicted molar refractivity (Wildman–Crippen MR) is 66.0 cm³/mol. The third-order valence-corrected chi connectivity index (χ3v) is 3.32. The molecule has 0 N–H and O–H groups in total. The van der Waals surface area contributed by atoms with Crippen molar-refractivity contribution in [2.24, 2.45) is 10.4 Å². The molecule has 1 aromatic heterocycles. The lowest BCUT2D eigenvalue weighted by atomic mass is 10.3. The smallest absolute Gasteiger partial charge is 0.215 e. The van der Waals surface area contributed by atoms with E-state index in [1.54, 1.807) is 0 Å². The van der Waals surface area contributed by atoms with E-state index in [9.17, 15) is 4.91 Å². The zero-order chi connectivity index (χ0) is 11.4. The molecule has 0 aliphatic carbocycles. The molecule has 0 bridgehead atoms. The van der Waals surface area contributed by atoms with Gasteiger partial charge in [0, 0.05) is 6.54 Å². The second-order valence-electron chi connectivity index (χ2n) is 3.26. The second-order valence-corrected chi connectivity index (χ2v) is 4.27. The van der Waals surface area contributed by atoms with Gasteiger partial charge in [-0.3, -0.25) is 0 Å². The number of para-hydroxylation sites is 1. The van der Waals surface area contributed by atoms with Crippen molar-refractivity contribution < 1.29 is 0 Å². The van der Waals surface area contributed by atoms with Gasteiger partial charge in [-0.15, -0.1) is 11.5 Å². The zero-order valence-corrected chi connectivity index (χ0v) is 9.48. The van der Waals surface area contributed by atoms with Crippen molar-refractivity contribution in [1.29, 1.82) is 0 Å². The Labute approximate surface area is 96.5 Å². The topological polar surface area (TPSA) is 46.7 Å². The van der Waals surface area contributed by atoms with Gasteiger partial charge in [0.15, 0.2) is 0 Å². The van der Waals surface area contributed by atoms with Gasteiger partial charge in [-0.05, 0) is 18.6 Å². The van der Waals surface area contributed by atoms with Gasteiger partial charge >= 0.3 is 0 Å². The maximum Gasteiger partial charge on any atom is 0.215 e. The Morgan fingerprint density at radius 1 is 1.44 bits per heavy atom. The largest absolute Gasteiger partial charge is 0.315 e. The first-order valence-corrected chi connectivity index (χ1v) is 5.74. The van der Waals surface area contributed by atoms with Crippen molar-refractivity contribution in [2.45, 2.75) is 13.0 Å². The van der Waals surface area contributed by atoms with Gasteiger partial charge in [-0.25, -0.2) is 0 Å². The van der Waals surface area contributed by atoms with Crippen molar-refractivity contribution in [1.82, 2.24) is 4.57 Å². The Kier molecular flexibility index (Phi) is 3.26. The van der Waals surface area contributed by atoms with Gasteiger partial charge in [0.2, 0.25) is 4.80 Å². The summed E-state index contributed by atoms with van der Waals surface area (Å²) in [5, 5.41) is 6.22. The maximum atomic E-state index is 10.2. The summed E-state index contributed by atoms with van der Waals surface area (Å²) < 4.78 is 3.09. The van der Waals surface area contributed by atoms with Crippen LogP contribution in [-0.4, -0.2) is 4.57 Å². The number of aromatic nitrogens is 1. The Bertz CT molecular complexity index is 582. The van der Waals surface area contributed by atoms with Crippen LogP contribution in [0.5, 0.6) is 0 Å². The third-order valence-electron chi connectivity index (χ3n) is 2.27. The van der Waals surface area contributed by atoms with Crippen LogP contribution in [0.15, 0.2) is 47.3 Å². The van der Waals surface area contributed by atoms with Gasteiger partial charge in [0.05, 0.1) is 15.5 Å². The SMILES string of the molecule is C=CCCn1/c(=N/N=O)sc2ccccc21. The van der Waals surface area contributed by atoms with Crippen LogP contribution in [-0.2, 0) is 6.54 Å². The molecule has 0 unspecified atom stereocenters. The van der Waals surface area contributed by atoms with Crippen molar-refractivity contribution in [2.75, 3.05) is 0 Å². The van der Waals surface area contributed by atoms with E-state index in [0.29, 0.717) is 4.80 Å². The van der Waals surface area contributed by atoms with Crippen LogP contribution in [0.4, 0.5) is 0 Å². The monoisotopic (exact) mass is 233 g/mol. The van der Waals surface area contributed by atoms with E-state index in [1.165, 1.54) is 11.3 Å². The molecule has 0 saturated heterocycles. The van der Waals surface area contributed by atoms with E-state index in [-0.39, 0.29) is 0 Å². The van der Waals surface area contributed by atoms with Crippen LogP contribution in [0, 0.1) is 4.91 Å². The molecule has 0 atom stereocenters. The van der Waals surface area contributed by atoms with Crippen LogP contribution in [0.1, 0.15) is 6.42 Å². The van der Waals surface area contributed by atoms with Crippen LogP contribution >= 0.6 is 11.3 Å². The highest BCUT2D eigenvalue weighted by molar-refractivity contribution is 7.16. The Balaban J connectivity index is 2.64. The standard InChI is InChI=1S/C11H11N3OS/c1-2-3-8-14-9-6-4-5-7-10(9)16-11(14)12-13-15/h2,4-7H,1,3,8H2/b12-11-. The summed E-state index contributed by atoms with van der Waals surface area (Å²) in [6.45, 7) is 4.46. The Morgan fingerprint density at radius 3 is 3.00 bits per heavy atom. The van der Waals surface area contributed by atoms with E-state index >= 15 is 0 Å². The number of thiazole rings is 1. The lowest BCUT2D eigenvalue weighted by Gasteiger charge is -2.01. The van der Waals surface area contributed by atoms with E-state index in [2.05, 4.69) is 17.0 Å². The predicted octanol–water partition coefficient (Wildman–Crippen LogP) is 2.86. The molecule has 1 aromatic carbocycles. The quantitative estimate of drug-likeness (QED) is 0.455. The summed E-state index contributed by atoms with van der Waals surface area (Å²) in [5.41, 5.74) is 1.08. The highest BCUT2D eigenvalue weighted by Crippen LogP contribution is 2.16. The van der Waals surface area contributed by atoms with Crippen molar-refractivity contribution >= 4 is 21.6 Å². The second kappa shape index (κ2) is 4.85. The molecule has 5 heteroatoms. The average Bonchev–Trinajstić information content (AvgIpc) is 2.65. The minimum atomic E-state index is 0.637. The van der Waals surface area contributed by atoms with Crippen LogP contribution in [0.25, 0.3) is 10.2 Å². The lowest BCUT2D eigenvalue weighted by Crippen LogP contribution is -2.13.